The number of carbonyl (C=O) groups excluding carboxylic acids is 6. The molecule has 11 rings (SSSR count). The summed E-state index contributed by atoms with van der Waals surface area (Å²) < 4.78 is 194. The normalized spacial score (nSPS) is 47.3. The average Bonchev–Trinajstić information content (AvgIpc) is 0.741. The first kappa shape index (κ1) is 119. The van der Waals surface area contributed by atoms with E-state index in [9.17, 15) is 194 Å². The minimum Gasteiger partial charge on any atom is -0.394 e. The molecule has 0 saturated carbocycles. The summed E-state index contributed by atoms with van der Waals surface area (Å²) in [7, 11) is -11.3. The van der Waals surface area contributed by atoms with E-state index >= 15 is 0 Å². The van der Waals surface area contributed by atoms with Gasteiger partial charge in [-0.3, -0.25) is 28.3 Å². The number of carbonyl (C=O) groups is 6. The van der Waals surface area contributed by atoms with Crippen LogP contribution in [0.3, 0.4) is 0 Å². The molecule has 0 aromatic rings. The highest BCUT2D eigenvalue weighted by Crippen LogP contribution is 2.42. The fraction of sp³-hybridized carbons (Fsp3) is 0.919. The largest absolute Gasteiger partial charge is 0.449 e. The van der Waals surface area contributed by atoms with E-state index in [-0.39, 0.29) is 0 Å². The second kappa shape index (κ2) is 50.5. The number of aliphatic hydroxyl groups excluding tert-OH is 29. The quantitative estimate of drug-likeness (QED) is 0.0257. The molecule has 11 saturated heterocycles. The van der Waals surface area contributed by atoms with Gasteiger partial charge in [-0.05, 0) is 0 Å². The molecular formula is C74H120N4O64S2. The first-order valence-corrected chi connectivity index (χ1v) is 46.7. The van der Waals surface area contributed by atoms with E-state index in [0.29, 0.717) is 0 Å². The Bertz CT molecular complexity index is 4410. The molecule has 0 aromatic carbocycles. The summed E-state index contributed by atoms with van der Waals surface area (Å²) in [6.07, 6.45) is -120. The van der Waals surface area contributed by atoms with Crippen LogP contribution in [-0.4, -0.2) is 607 Å². The number of amides is 4. The second-order valence-corrected chi connectivity index (χ2v) is 36.9. The Labute approximate surface area is 810 Å². The molecule has 55 atom stereocenters. The van der Waals surface area contributed by atoms with Gasteiger partial charge in [-0.25, -0.2) is 9.59 Å². The van der Waals surface area contributed by atoms with Crippen molar-refractivity contribution in [1.82, 2.24) is 21.3 Å². The SMILES string of the molecule is CC(=O)N[C@@H]1[C@@H](O)[C@H](O[C@@H]2O[C@H](CO)[C@@H](O[C@@H]3O[C@H](CO[C@H]4O[C@H](CO)[C@@H](O)[C@H](O)[C@@H]4O[C@@H]4O[C@H](CO)[C@@H](O[C@@H]5O[C@H](CO)[C@H](O)[C@H](O[C@@H]6O[C@H](C(=O)OS(=O)(=O)O)[C@@H](O)[C@H](O)[C@H]6O)[C@H]5O)[C@H](O)[C@H]4NC(C)=O)[C@@H](O)[C@H](O[C@H]4O[C@H](CO)[C@@H](O)[C@H](O)[C@@H]4O[C@@H]4O[C@H](CO)[C@@H](O[C@@H]5O[C@H](CO)[C@H](O)[C@H](O[C@@H]6O[C@H](C(=O)OS(=O)(=O)O)[C@@H](O)[C@H](O)[C@H]6O)[C@H]5O)[C@H](O)[C@H]4NC(C)=O)[C@@H]3O)[C@H](O)[C@H]2NC(C)=O)[C@@H](CO)O[C@H]1O. The van der Waals surface area contributed by atoms with Crippen molar-refractivity contribution in [2.75, 3.05) is 59.5 Å². The standard InChI is InChI=1S/C74H120N4O64S2/c1-14(87)75-27-36(96)51(22(9-83)121-62(27)111)130-65-28(76-15(2)88)37(97)54(23(10-84)126-65)133-72-50(110)57(136-74-61(43(103)32(92)19(6-80)125-74)140-67-30(78-17(4)90)39(99)53(25(12-86)128-67)132-71-49(109)56(34(94)21(8-82)123-71)135-69-47(107)41(101)45(105)59(138-69)64(113)142-144(117,118)119)35(95)26(129-72)13-120-73-60(42(102)31(91)18(5-79)124-73)139-66-29(77-16(3)89)38(98)52(24(11-85)127-66)131-70-48(108)55(33(93)20(7-81)122-70)134-68-46(106)40(100)44(104)58(137-68)63(112)141-143(114,115)116/h18-62,65-74,79-86,91-111H,5-13H2,1-4H3,(H,75,87)(H,76,88)(H,77,89)(H,78,90)(H,114,115,116)(H,117,118,119)/t18-,19-,20-,21-,22-,23-,24-,25-,26-,27-,28-,29-,30-,31-,32-,33+,34+,35-,36-,37-,38-,39-,40+,41+,42+,43+,44+,45+,46-,47-,48-,49-,50+,51-,52-,53-,54-,55+,56+,57+,58+,59+,60+,61+,62-,65+,66+,67+,68-,69-,70+,71+,72+,73+,74-/m1/s1. The highest BCUT2D eigenvalue weighted by atomic mass is 32.3. The predicted molar refractivity (Wildman–Crippen MR) is 430 cm³/mol. The van der Waals surface area contributed by atoms with Crippen LogP contribution in [0.25, 0.3) is 0 Å². The van der Waals surface area contributed by atoms with Crippen LogP contribution in [-0.2, 0) is 157 Å². The average molecular weight is 2150 g/mol. The fourth-order valence-electron chi connectivity index (χ4n) is 17.7. The van der Waals surface area contributed by atoms with Gasteiger partial charge < -0.3 is 277 Å². The van der Waals surface area contributed by atoms with E-state index in [1.807, 2.05) is 0 Å². The zero-order valence-corrected chi connectivity index (χ0v) is 76.9. The molecule has 11 aliphatic heterocycles. The minimum atomic E-state index is -5.66. The Kier molecular flexibility index (Phi) is 41.7. The maximum absolute atomic E-state index is 13.3. The van der Waals surface area contributed by atoms with E-state index in [0.717, 1.165) is 27.7 Å². The van der Waals surface area contributed by atoms with E-state index < -0.39 is 453 Å². The summed E-state index contributed by atoms with van der Waals surface area (Å²) in [6, 6.07) is -8.10. The lowest BCUT2D eigenvalue weighted by Gasteiger charge is -2.51. The number of nitrogens with one attached hydrogen (secondary N) is 4. The molecule has 0 aliphatic carbocycles. The lowest BCUT2D eigenvalue weighted by Crippen LogP contribution is -2.71. The second-order valence-electron chi connectivity index (χ2n) is 34.8. The number of hydrogen-bond donors (Lipinski definition) is 35. The molecule has 4 amide bonds. The van der Waals surface area contributed by atoms with Gasteiger partial charge in [0.15, 0.2) is 81.4 Å². The monoisotopic (exact) mass is 2150 g/mol. The van der Waals surface area contributed by atoms with Crippen LogP contribution < -0.4 is 21.3 Å². The summed E-state index contributed by atoms with van der Waals surface area (Å²) in [5.74, 6) is -8.31. The number of ether oxygens (including phenoxy) is 21. The highest BCUT2D eigenvalue weighted by Gasteiger charge is 2.64. The van der Waals surface area contributed by atoms with Crippen LogP contribution in [0.1, 0.15) is 27.7 Å². The van der Waals surface area contributed by atoms with Crippen LogP contribution in [0, 0.1) is 0 Å². The summed E-state index contributed by atoms with van der Waals surface area (Å²) >= 11 is 0. The molecular weight excluding hydrogens is 2030 g/mol. The molecule has 11 aliphatic rings. The summed E-state index contributed by atoms with van der Waals surface area (Å²) in [6.45, 7) is -7.96. The van der Waals surface area contributed by atoms with Crippen LogP contribution >= 0.6 is 0 Å². The maximum Gasteiger partial charge on any atom is 0.449 e. The molecule has 832 valence electrons. The number of rotatable bonds is 37. The van der Waals surface area contributed by atoms with E-state index in [4.69, 9.17) is 109 Å². The molecule has 0 radical (unpaired) electrons. The third-order valence-electron chi connectivity index (χ3n) is 24.9. The predicted octanol–water partition coefficient (Wildman–Crippen LogP) is -25.7. The van der Waals surface area contributed by atoms with E-state index in [2.05, 4.69) is 29.6 Å². The maximum atomic E-state index is 13.3. The smallest absolute Gasteiger partial charge is 0.394 e. The van der Waals surface area contributed by atoms with Gasteiger partial charge >= 0.3 is 32.7 Å². The van der Waals surface area contributed by atoms with Crippen LogP contribution in [0.15, 0.2) is 0 Å². The van der Waals surface area contributed by atoms with Crippen molar-refractivity contribution in [3.8, 4) is 0 Å². The van der Waals surface area contributed by atoms with E-state index in [1.54, 1.807) is 0 Å². The van der Waals surface area contributed by atoms with E-state index in [1.165, 1.54) is 0 Å². The molecule has 144 heavy (non-hydrogen) atoms. The summed E-state index contributed by atoms with van der Waals surface area (Å²) in [5, 5.41) is 337. The molecule has 68 nitrogen and oxygen atoms in total. The van der Waals surface area contributed by atoms with Crippen molar-refractivity contribution in [2.45, 2.75) is 365 Å². The van der Waals surface area contributed by atoms with Gasteiger partial charge in [0.25, 0.3) is 0 Å². The van der Waals surface area contributed by atoms with Crippen molar-refractivity contribution in [3.05, 3.63) is 0 Å². The zero-order chi connectivity index (χ0) is 107. The van der Waals surface area contributed by atoms with Crippen molar-refractivity contribution in [3.63, 3.8) is 0 Å². The summed E-state index contributed by atoms with van der Waals surface area (Å²) in [4.78, 5) is 77.2. The van der Waals surface area contributed by atoms with Gasteiger partial charge in [-0.15, -0.1) is 0 Å². The Morgan fingerprint density at radius 3 is 0.785 bits per heavy atom. The highest BCUT2D eigenvalue weighted by molar-refractivity contribution is 7.81. The van der Waals surface area contributed by atoms with Crippen LogP contribution in [0.4, 0.5) is 0 Å². The lowest BCUT2D eigenvalue weighted by molar-refractivity contribution is -0.400. The fourth-order valence-corrected chi connectivity index (χ4v) is 18.3. The molecule has 11 heterocycles. The van der Waals surface area contributed by atoms with Gasteiger partial charge in [0, 0.05) is 27.7 Å². The Morgan fingerprint density at radius 2 is 0.465 bits per heavy atom. The molecule has 0 spiro atoms. The lowest BCUT2D eigenvalue weighted by atomic mass is 9.93. The minimum absolute atomic E-state index is 0.819. The summed E-state index contributed by atoms with van der Waals surface area (Å²) in [5.41, 5.74) is 0. The Hall–Kier alpha value is -5.36. The number of hydrogen-bond acceptors (Lipinski definition) is 62. The van der Waals surface area contributed by atoms with Crippen molar-refractivity contribution in [1.29, 1.82) is 0 Å². The topological polar surface area (TPSA) is 1060 Å². The molecule has 0 bridgehead atoms. The van der Waals surface area contributed by atoms with Gasteiger partial charge in [0.1, 0.15) is 256 Å². The van der Waals surface area contributed by atoms with Gasteiger partial charge in [0.2, 0.25) is 23.6 Å². The van der Waals surface area contributed by atoms with Crippen LogP contribution in [0.5, 0.6) is 0 Å². The Balaban J connectivity index is 0.897. The molecule has 35 N–H and O–H groups in total. The van der Waals surface area contributed by atoms with Crippen molar-refractivity contribution >= 4 is 56.4 Å². The Morgan fingerprint density at radius 1 is 0.229 bits per heavy atom. The van der Waals surface area contributed by atoms with Gasteiger partial charge in [-0.1, -0.05) is 0 Å². The van der Waals surface area contributed by atoms with Gasteiger partial charge in [-0.2, -0.15) is 16.8 Å². The molecule has 0 unspecified atom stereocenters. The third kappa shape index (κ3) is 26.9. The first-order chi connectivity index (χ1) is 67.6. The zero-order valence-electron chi connectivity index (χ0n) is 75.3. The molecule has 11 fully saturated rings. The van der Waals surface area contributed by atoms with Crippen molar-refractivity contribution < 1.29 is 311 Å². The van der Waals surface area contributed by atoms with Crippen molar-refractivity contribution in [2.24, 2.45) is 0 Å². The van der Waals surface area contributed by atoms with Crippen LogP contribution in [0.2, 0.25) is 0 Å². The van der Waals surface area contributed by atoms with Gasteiger partial charge in [0.05, 0.1) is 59.5 Å². The number of aliphatic hydroxyl groups is 29. The molecule has 70 heteroatoms. The molecule has 0 aromatic heterocycles. The third-order valence-corrected chi connectivity index (χ3v) is 25.6. The first-order valence-electron chi connectivity index (χ1n) is 44.0.